The van der Waals surface area contributed by atoms with Crippen LogP contribution < -0.4 is 5.73 Å². The zero-order chi connectivity index (χ0) is 7.44. The molecular formula is C4H15CaNO7. The fraction of sp³-hybridized carbons (Fsp3) is 0.500. The standard InChI is InChI=1S/C4H7NO4.Ca.3H2O.2H/c5-2(4(8)9)1-3(6)7;;;;;;/h2H,1,5H2,(H,6,7)(H,8,9);;3*1H2;;/t2-;;;;;;/m0....../s1. The molecule has 10 N–H and O–H groups in total. The summed E-state index contributed by atoms with van der Waals surface area (Å²) >= 11 is 0. The van der Waals surface area contributed by atoms with E-state index >= 15 is 0 Å². The molecule has 0 aliphatic carbocycles. The zero-order valence-electron chi connectivity index (χ0n) is 6.07. The van der Waals surface area contributed by atoms with Gasteiger partial charge < -0.3 is 32.4 Å². The molecule has 0 fully saturated rings. The Hall–Kier alpha value is 0.0397. The van der Waals surface area contributed by atoms with Crippen LogP contribution in [-0.4, -0.2) is 82.4 Å². The Morgan fingerprint density at radius 2 is 1.46 bits per heavy atom. The van der Waals surface area contributed by atoms with Crippen LogP contribution in [0.1, 0.15) is 6.42 Å². The monoisotopic (exact) mass is 229 g/mol. The number of carboxylic acids is 2. The zero-order valence-corrected chi connectivity index (χ0v) is 6.07. The summed E-state index contributed by atoms with van der Waals surface area (Å²) in [7, 11) is 0. The Morgan fingerprint density at radius 1 is 1.15 bits per heavy atom. The van der Waals surface area contributed by atoms with E-state index in [-0.39, 0.29) is 54.2 Å². The maximum atomic E-state index is 9.85. The van der Waals surface area contributed by atoms with Crippen LogP contribution in [0.4, 0.5) is 0 Å². The molecule has 80 valence electrons. The number of carboxylic acid groups (broad SMARTS) is 2. The van der Waals surface area contributed by atoms with E-state index in [4.69, 9.17) is 15.9 Å². The van der Waals surface area contributed by atoms with Gasteiger partial charge in [0.25, 0.3) is 0 Å². The molecule has 8 nitrogen and oxygen atoms in total. The molecule has 0 rings (SSSR count). The van der Waals surface area contributed by atoms with E-state index < -0.39 is 24.4 Å². The van der Waals surface area contributed by atoms with E-state index in [1.807, 2.05) is 0 Å². The number of hydrogen-bond donors (Lipinski definition) is 3. The molecule has 0 aliphatic heterocycles. The van der Waals surface area contributed by atoms with Crippen LogP contribution >= 0.6 is 0 Å². The second kappa shape index (κ2) is 14.6. The first-order valence-electron chi connectivity index (χ1n) is 2.24. The van der Waals surface area contributed by atoms with Gasteiger partial charge >= 0.3 is 49.7 Å². The maximum absolute atomic E-state index is 9.85. The van der Waals surface area contributed by atoms with Crippen LogP contribution in [-0.2, 0) is 9.59 Å². The second-order valence-electron chi connectivity index (χ2n) is 1.54. The first kappa shape index (κ1) is 29.2. The quantitative estimate of drug-likeness (QED) is 0.409. The predicted molar refractivity (Wildman–Crippen MR) is 47.2 cm³/mol. The summed E-state index contributed by atoms with van der Waals surface area (Å²) in [5, 5.41) is 16.0. The van der Waals surface area contributed by atoms with Gasteiger partial charge in [0.2, 0.25) is 0 Å². The van der Waals surface area contributed by atoms with E-state index in [1.54, 1.807) is 0 Å². The molecule has 0 radical (unpaired) electrons. The van der Waals surface area contributed by atoms with Gasteiger partial charge in [-0.05, 0) is 0 Å². The van der Waals surface area contributed by atoms with Crippen molar-refractivity contribution in [1.29, 1.82) is 0 Å². The van der Waals surface area contributed by atoms with Crippen molar-refractivity contribution in [3.8, 4) is 0 Å². The predicted octanol–water partition coefficient (Wildman–Crippen LogP) is -4.52. The summed E-state index contributed by atoms with van der Waals surface area (Å²) in [5.74, 6) is -2.50. The van der Waals surface area contributed by atoms with Crippen LogP contribution in [0.15, 0.2) is 0 Å². The van der Waals surface area contributed by atoms with Crippen LogP contribution in [0.25, 0.3) is 0 Å². The van der Waals surface area contributed by atoms with Gasteiger partial charge in [0, 0.05) is 0 Å². The number of rotatable bonds is 3. The van der Waals surface area contributed by atoms with Crippen molar-refractivity contribution in [3.05, 3.63) is 0 Å². The van der Waals surface area contributed by atoms with Gasteiger partial charge in [0.15, 0.2) is 0 Å². The Morgan fingerprint density at radius 3 is 1.54 bits per heavy atom. The van der Waals surface area contributed by atoms with Gasteiger partial charge in [-0.25, -0.2) is 0 Å². The average Bonchev–Trinajstić information content (AvgIpc) is 1.63. The summed E-state index contributed by atoms with van der Waals surface area (Å²) < 4.78 is 0. The molecular weight excluding hydrogens is 214 g/mol. The van der Waals surface area contributed by atoms with Gasteiger partial charge in [0.05, 0.1) is 6.42 Å². The average molecular weight is 229 g/mol. The fourth-order valence-corrected chi connectivity index (χ4v) is 0.275. The van der Waals surface area contributed by atoms with Crippen LogP contribution in [0.2, 0.25) is 0 Å². The number of nitrogens with two attached hydrogens (primary N) is 1. The molecule has 0 bridgehead atoms. The third kappa shape index (κ3) is 18.8. The minimum absolute atomic E-state index is 0. The topological polar surface area (TPSA) is 195 Å². The molecule has 0 aromatic rings. The Balaban J connectivity index is -0.0000000533. The van der Waals surface area contributed by atoms with Crippen molar-refractivity contribution in [1.82, 2.24) is 0 Å². The summed E-state index contributed by atoms with van der Waals surface area (Å²) in [5.41, 5.74) is 4.84. The first-order chi connectivity index (χ1) is 4.04. The molecule has 0 aromatic carbocycles. The van der Waals surface area contributed by atoms with Crippen LogP contribution in [0, 0.1) is 0 Å². The number of carbonyl (C=O) groups is 2. The molecule has 0 saturated carbocycles. The molecule has 0 aromatic heterocycles. The summed E-state index contributed by atoms with van der Waals surface area (Å²) in [4.78, 5) is 19.6. The van der Waals surface area contributed by atoms with Crippen LogP contribution in [0.3, 0.4) is 0 Å². The number of hydrogen-bond acceptors (Lipinski definition) is 3. The number of aliphatic carboxylic acids is 2. The molecule has 0 saturated heterocycles. The molecule has 9 heteroatoms. The van der Waals surface area contributed by atoms with Crippen molar-refractivity contribution in [2.24, 2.45) is 5.73 Å². The van der Waals surface area contributed by atoms with Gasteiger partial charge in [-0.3, -0.25) is 9.59 Å². The van der Waals surface area contributed by atoms with Gasteiger partial charge in [-0.1, -0.05) is 0 Å². The molecule has 0 unspecified atom stereocenters. The minimum atomic E-state index is -1.29. The Labute approximate surface area is 104 Å². The van der Waals surface area contributed by atoms with E-state index in [9.17, 15) is 9.59 Å². The third-order valence-corrected chi connectivity index (χ3v) is 0.712. The van der Waals surface area contributed by atoms with Gasteiger partial charge in [0.1, 0.15) is 6.04 Å². The van der Waals surface area contributed by atoms with Gasteiger partial charge in [-0.15, -0.1) is 0 Å². The second-order valence-corrected chi connectivity index (χ2v) is 1.54. The van der Waals surface area contributed by atoms with Gasteiger partial charge in [-0.2, -0.15) is 0 Å². The van der Waals surface area contributed by atoms with Crippen molar-refractivity contribution in [2.45, 2.75) is 12.5 Å². The molecule has 1 atom stereocenters. The van der Waals surface area contributed by atoms with Crippen molar-refractivity contribution >= 4 is 49.7 Å². The summed E-state index contributed by atoms with van der Waals surface area (Å²) in [6, 6.07) is -1.29. The molecule has 0 aliphatic rings. The van der Waals surface area contributed by atoms with Crippen LogP contribution in [0.5, 0.6) is 0 Å². The van der Waals surface area contributed by atoms with Crippen molar-refractivity contribution in [3.63, 3.8) is 0 Å². The summed E-state index contributed by atoms with van der Waals surface area (Å²) in [6.07, 6.45) is -0.532. The molecule has 0 amide bonds. The molecule has 13 heavy (non-hydrogen) atoms. The van der Waals surface area contributed by atoms with E-state index in [1.165, 1.54) is 0 Å². The first-order valence-corrected chi connectivity index (χ1v) is 2.24. The van der Waals surface area contributed by atoms with E-state index in [2.05, 4.69) is 0 Å². The Kier molecular flexibility index (Phi) is 32.7. The summed E-state index contributed by atoms with van der Waals surface area (Å²) in [6.45, 7) is 0. The fourth-order valence-electron chi connectivity index (χ4n) is 0.275. The normalized spacial score (nSPS) is 8.69. The van der Waals surface area contributed by atoms with E-state index in [0.29, 0.717) is 0 Å². The molecule has 0 spiro atoms. The van der Waals surface area contributed by atoms with E-state index in [0.717, 1.165) is 0 Å². The molecule has 0 heterocycles. The van der Waals surface area contributed by atoms with Crippen molar-refractivity contribution in [2.75, 3.05) is 0 Å². The SMILES string of the molecule is N[C@@H](CC(=O)O)C(=O)O.O.O.O.[CaH2]. The van der Waals surface area contributed by atoms with Crippen molar-refractivity contribution < 1.29 is 36.2 Å². The Bertz CT molecular complexity index is 140. The third-order valence-electron chi connectivity index (χ3n) is 0.712.